The maximum Gasteiger partial charge on any atom is 1.00 e. The third-order valence-corrected chi connectivity index (χ3v) is 3.95. The predicted molar refractivity (Wildman–Crippen MR) is 82.3 cm³/mol. The monoisotopic (exact) mass is 386 g/mol. The zero-order chi connectivity index (χ0) is 17.5. The molecular formula is C16H21Na2O6P. The van der Waals surface area contributed by atoms with E-state index in [0.717, 1.165) is 11.1 Å². The van der Waals surface area contributed by atoms with Crippen molar-refractivity contribution >= 4 is 13.8 Å². The van der Waals surface area contributed by atoms with Gasteiger partial charge in [-0.1, -0.05) is 48.9 Å². The van der Waals surface area contributed by atoms with Crippen molar-refractivity contribution in [1.29, 1.82) is 0 Å². The quantitative estimate of drug-likeness (QED) is 0.148. The van der Waals surface area contributed by atoms with Gasteiger partial charge in [-0.15, -0.1) is 0 Å². The van der Waals surface area contributed by atoms with Gasteiger partial charge in [0.25, 0.3) is 0 Å². The Balaban J connectivity index is 0. The van der Waals surface area contributed by atoms with Gasteiger partial charge in [0.15, 0.2) is 0 Å². The number of phosphoric acid groups is 1. The second kappa shape index (κ2) is 13.7. The minimum atomic E-state index is -5.02. The number of hydrogen-bond acceptors (Lipinski definition) is 6. The summed E-state index contributed by atoms with van der Waals surface area (Å²) in [5.74, 6) is -0.802. The first-order chi connectivity index (χ1) is 10.7. The molecule has 25 heavy (non-hydrogen) atoms. The Morgan fingerprint density at radius 3 is 2.24 bits per heavy atom. The number of hydrogen-bond donors (Lipinski definition) is 0. The summed E-state index contributed by atoms with van der Waals surface area (Å²) in [7, 11) is -5.02. The van der Waals surface area contributed by atoms with Crippen LogP contribution in [0.5, 0.6) is 0 Å². The maximum absolute atomic E-state index is 11.9. The summed E-state index contributed by atoms with van der Waals surface area (Å²) in [6.45, 7) is 4.83. The Bertz CT molecular complexity index is 588. The number of esters is 1. The van der Waals surface area contributed by atoms with Crippen molar-refractivity contribution in [2.24, 2.45) is 5.92 Å². The van der Waals surface area contributed by atoms with E-state index >= 15 is 0 Å². The van der Waals surface area contributed by atoms with E-state index in [1.165, 1.54) is 0 Å². The van der Waals surface area contributed by atoms with E-state index in [1.807, 2.05) is 50.3 Å². The van der Waals surface area contributed by atoms with Crippen LogP contribution < -0.4 is 68.9 Å². The van der Waals surface area contributed by atoms with Gasteiger partial charge in [-0.25, -0.2) is 0 Å². The van der Waals surface area contributed by atoms with Gasteiger partial charge in [0.1, 0.15) is 6.61 Å². The van der Waals surface area contributed by atoms with Crippen molar-refractivity contribution in [2.45, 2.75) is 26.7 Å². The maximum atomic E-state index is 11.9. The van der Waals surface area contributed by atoms with Crippen molar-refractivity contribution in [1.82, 2.24) is 0 Å². The molecule has 9 heteroatoms. The molecule has 0 saturated carbocycles. The SMILES string of the molecule is CC(=CC(C)c1ccccc1)C(C)C(=O)OCCOP(=O)([O-])[O-].[Na+].[Na+]. The van der Waals surface area contributed by atoms with Gasteiger partial charge in [-0.3, -0.25) is 4.79 Å². The van der Waals surface area contributed by atoms with Gasteiger partial charge < -0.3 is 23.6 Å². The van der Waals surface area contributed by atoms with E-state index in [1.54, 1.807) is 6.92 Å². The molecule has 0 fully saturated rings. The van der Waals surface area contributed by atoms with E-state index in [0.29, 0.717) is 0 Å². The first-order valence-electron chi connectivity index (χ1n) is 7.27. The Morgan fingerprint density at radius 1 is 1.16 bits per heavy atom. The summed E-state index contributed by atoms with van der Waals surface area (Å²) in [6, 6.07) is 9.88. The van der Waals surface area contributed by atoms with Gasteiger partial charge >= 0.3 is 65.1 Å². The van der Waals surface area contributed by atoms with Gasteiger partial charge in [0, 0.05) is 0 Å². The Morgan fingerprint density at radius 2 is 1.72 bits per heavy atom. The van der Waals surface area contributed by atoms with Gasteiger partial charge in [0.2, 0.25) is 0 Å². The number of allylic oxidation sites excluding steroid dienone is 1. The Labute approximate surface area is 193 Å². The van der Waals surface area contributed by atoms with E-state index in [-0.39, 0.29) is 71.6 Å². The summed E-state index contributed by atoms with van der Waals surface area (Å²) >= 11 is 0. The molecule has 0 aliphatic rings. The molecule has 1 aromatic carbocycles. The Kier molecular flexibility index (Phi) is 15.2. The largest absolute Gasteiger partial charge is 1.00 e. The van der Waals surface area contributed by atoms with Crippen LogP contribution in [0.4, 0.5) is 0 Å². The zero-order valence-corrected chi connectivity index (χ0v) is 20.3. The summed E-state index contributed by atoms with van der Waals surface area (Å²) in [4.78, 5) is 32.4. The molecule has 1 rings (SSSR count). The first kappa shape index (κ1) is 27.8. The van der Waals surface area contributed by atoms with Crippen LogP contribution in [0.2, 0.25) is 0 Å². The molecule has 2 unspecified atom stereocenters. The Hall–Kier alpha value is 0.540. The molecule has 0 aliphatic carbocycles. The van der Waals surface area contributed by atoms with Crippen LogP contribution in [0, 0.1) is 5.92 Å². The predicted octanol–water partition coefficient (Wildman–Crippen LogP) is -4.23. The molecule has 0 bridgehead atoms. The van der Waals surface area contributed by atoms with Crippen LogP contribution in [-0.2, 0) is 18.6 Å². The normalized spacial score (nSPS) is 13.9. The first-order valence-corrected chi connectivity index (χ1v) is 8.73. The van der Waals surface area contributed by atoms with Crippen LogP contribution in [0.3, 0.4) is 0 Å². The number of phosphoric ester groups is 1. The second-order valence-electron chi connectivity index (χ2n) is 5.28. The van der Waals surface area contributed by atoms with Crippen LogP contribution in [-0.4, -0.2) is 19.2 Å². The topological polar surface area (TPSA) is 98.7 Å². The molecule has 6 nitrogen and oxygen atoms in total. The summed E-state index contributed by atoms with van der Waals surface area (Å²) < 4.78 is 19.2. The molecule has 2 atom stereocenters. The van der Waals surface area contributed by atoms with Crippen LogP contribution in [0.25, 0.3) is 0 Å². The molecule has 0 aliphatic heterocycles. The van der Waals surface area contributed by atoms with Crippen molar-refractivity contribution in [3.8, 4) is 0 Å². The fourth-order valence-corrected chi connectivity index (χ4v) is 2.29. The molecule has 0 amide bonds. The van der Waals surface area contributed by atoms with Crippen molar-refractivity contribution in [3.05, 3.63) is 47.5 Å². The zero-order valence-electron chi connectivity index (χ0n) is 15.4. The van der Waals surface area contributed by atoms with E-state index in [4.69, 9.17) is 4.74 Å². The molecule has 0 spiro atoms. The smallest absolute Gasteiger partial charge is 0.790 e. The van der Waals surface area contributed by atoms with Crippen LogP contribution >= 0.6 is 7.82 Å². The minimum absolute atomic E-state index is 0. The second-order valence-corrected chi connectivity index (χ2v) is 6.43. The van der Waals surface area contributed by atoms with Crippen LogP contribution in [0.1, 0.15) is 32.3 Å². The summed E-state index contributed by atoms with van der Waals surface area (Å²) in [6.07, 6.45) is 1.99. The third-order valence-electron chi connectivity index (χ3n) is 3.45. The summed E-state index contributed by atoms with van der Waals surface area (Å²) in [5.41, 5.74) is 1.99. The molecule has 1 aromatic rings. The van der Waals surface area contributed by atoms with Gasteiger partial charge in [-0.05, 0) is 25.3 Å². The number of ether oxygens (including phenoxy) is 1. The van der Waals surface area contributed by atoms with Gasteiger partial charge in [-0.2, -0.15) is 0 Å². The number of carbonyl (C=O) groups is 1. The standard InChI is InChI=1S/C16H23O6P.2Na/c1-12(11-13(2)15-7-5-4-6-8-15)14(3)16(17)21-9-10-22-23(18,19)20;;/h4-8,11,13-14H,9-10H2,1-3H3,(H2,18,19,20);;/q;2*+1/p-2. The molecular weight excluding hydrogens is 365 g/mol. The van der Waals surface area contributed by atoms with Crippen LogP contribution in [0.15, 0.2) is 42.0 Å². The number of carbonyl (C=O) groups excluding carboxylic acids is 1. The fourth-order valence-electron chi connectivity index (χ4n) is 1.99. The summed E-state index contributed by atoms with van der Waals surface area (Å²) in [5, 5.41) is 0. The van der Waals surface area contributed by atoms with E-state index in [2.05, 4.69) is 4.52 Å². The molecule has 128 valence electrons. The van der Waals surface area contributed by atoms with Crippen molar-refractivity contribution in [3.63, 3.8) is 0 Å². The van der Waals surface area contributed by atoms with E-state index < -0.39 is 26.3 Å². The number of rotatable bonds is 8. The molecule has 0 radical (unpaired) electrons. The third kappa shape index (κ3) is 11.8. The van der Waals surface area contributed by atoms with Gasteiger partial charge in [0.05, 0.1) is 20.3 Å². The fraction of sp³-hybridized carbons (Fsp3) is 0.438. The molecule has 0 saturated heterocycles. The van der Waals surface area contributed by atoms with Crippen molar-refractivity contribution < 1.29 is 87.5 Å². The molecule has 0 heterocycles. The molecule has 0 N–H and O–H groups in total. The van der Waals surface area contributed by atoms with Crippen molar-refractivity contribution in [2.75, 3.05) is 13.2 Å². The average molecular weight is 386 g/mol. The average Bonchev–Trinajstić information content (AvgIpc) is 2.50. The number of benzene rings is 1. The van der Waals surface area contributed by atoms with E-state index in [9.17, 15) is 19.1 Å². The molecule has 0 aromatic heterocycles. The minimum Gasteiger partial charge on any atom is -0.790 e.